The van der Waals surface area contributed by atoms with Gasteiger partial charge in [-0.2, -0.15) is 0 Å². The molecule has 1 aromatic heterocycles. The van der Waals surface area contributed by atoms with Gasteiger partial charge in [0, 0.05) is 18.4 Å². The van der Waals surface area contributed by atoms with Crippen LogP contribution in [-0.2, 0) is 0 Å². The Labute approximate surface area is 112 Å². The third-order valence-electron chi connectivity index (χ3n) is 4.70. The molecule has 0 aromatic carbocycles. The molecule has 0 saturated heterocycles. The van der Waals surface area contributed by atoms with Crippen molar-refractivity contribution in [3.8, 4) is 0 Å². The molecule has 3 rings (SSSR count). The summed E-state index contributed by atoms with van der Waals surface area (Å²) in [6, 6.07) is 0.255. The topological polar surface area (TPSA) is 75.1 Å². The number of anilines is 1. The first-order valence-corrected chi connectivity index (χ1v) is 6.96. The zero-order chi connectivity index (χ0) is 13.4. The van der Waals surface area contributed by atoms with E-state index in [9.17, 15) is 4.79 Å². The van der Waals surface area contributed by atoms with E-state index in [1.54, 1.807) is 0 Å². The molecule has 2 bridgehead atoms. The summed E-state index contributed by atoms with van der Waals surface area (Å²) >= 11 is 0. The molecule has 0 aliphatic heterocycles. The van der Waals surface area contributed by atoms with Crippen molar-refractivity contribution in [3.63, 3.8) is 0 Å². The van der Waals surface area contributed by atoms with Crippen molar-refractivity contribution >= 4 is 11.8 Å². The molecule has 5 heteroatoms. The number of carboxylic acids is 1. The predicted molar refractivity (Wildman–Crippen MR) is 71.0 cm³/mol. The fourth-order valence-electron chi connectivity index (χ4n) is 3.83. The van der Waals surface area contributed by atoms with Crippen LogP contribution in [0, 0.1) is 17.8 Å². The molecule has 2 aliphatic rings. The quantitative estimate of drug-likeness (QED) is 0.870. The fraction of sp³-hybridized carbons (Fsp3) is 0.643. The lowest BCUT2D eigenvalue weighted by Crippen LogP contribution is -2.31. The molecule has 0 amide bonds. The van der Waals surface area contributed by atoms with E-state index in [1.165, 1.54) is 38.1 Å². The molecule has 1 heterocycles. The molecule has 5 nitrogen and oxygen atoms in total. The van der Waals surface area contributed by atoms with Crippen LogP contribution in [0.25, 0.3) is 0 Å². The second-order valence-corrected chi connectivity index (χ2v) is 5.83. The lowest BCUT2D eigenvalue weighted by molar-refractivity contribution is 0.0691. The van der Waals surface area contributed by atoms with Gasteiger partial charge in [0.15, 0.2) is 11.5 Å². The summed E-state index contributed by atoms with van der Waals surface area (Å²) in [5.74, 6) is 1.70. The smallest absolute Gasteiger partial charge is 0.358 e. The van der Waals surface area contributed by atoms with E-state index in [0.29, 0.717) is 11.7 Å². The van der Waals surface area contributed by atoms with Gasteiger partial charge in [0.05, 0.1) is 0 Å². The molecule has 19 heavy (non-hydrogen) atoms. The van der Waals surface area contributed by atoms with Crippen molar-refractivity contribution in [1.29, 1.82) is 0 Å². The minimum absolute atomic E-state index is 0.0116. The van der Waals surface area contributed by atoms with Gasteiger partial charge in [0.25, 0.3) is 0 Å². The van der Waals surface area contributed by atoms with Crippen LogP contribution < -0.4 is 5.32 Å². The van der Waals surface area contributed by atoms with Crippen molar-refractivity contribution in [2.45, 2.75) is 38.6 Å². The second kappa shape index (κ2) is 4.79. The summed E-state index contributed by atoms with van der Waals surface area (Å²) in [7, 11) is 0. The Kier molecular flexibility index (Phi) is 3.12. The van der Waals surface area contributed by atoms with E-state index in [1.807, 2.05) is 0 Å². The van der Waals surface area contributed by atoms with Gasteiger partial charge in [-0.3, -0.25) is 0 Å². The third kappa shape index (κ3) is 2.29. The van der Waals surface area contributed by atoms with Crippen LogP contribution in [0.1, 0.15) is 43.1 Å². The molecule has 2 saturated carbocycles. The Bertz CT molecular complexity index is 491. The van der Waals surface area contributed by atoms with Gasteiger partial charge in [-0.05, 0) is 43.9 Å². The number of hydrogen-bond donors (Lipinski definition) is 2. The first-order chi connectivity index (χ1) is 9.15. The third-order valence-corrected chi connectivity index (χ3v) is 4.70. The number of nitrogens with one attached hydrogen (secondary N) is 1. The normalized spacial score (nSPS) is 30.3. The molecule has 102 valence electrons. The monoisotopic (exact) mass is 261 g/mol. The van der Waals surface area contributed by atoms with Gasteiger partial charge in [-0.15, -0.1) is 0 Å². The average Bonchev–Trinajstić information content (AvgIpc) is 3.01. The summed E-state index contributed by atoms with van der Waals surface area (Å²) in [4.78, 5) is 19.1. The second-order valence-electron chi connectivity index (χ2n) is 5.83. The van der Waals surface area contributed by atoms with Gasteiger partial charge in [0.2, 0.25) is 0 Å². The minimum Gasteiger partial charge on any atom is -0.476 e. The summed E-state index contributed by atoms with van der Waals surface area (Å²) in [6.07, 6.45) is 8.26. The maximum atomic E-state index is 11.1. The van der Waals surface area contributed by atoms with E-state index in [-0.39, 0.29) is 11.7 Å². The highest BCUT2D eigenvalue weighted by molar-refractivity contribution is 5.90. The summed E-state index contributed by atoms with van der Waals surface area (Å²) in [5, 5.41) is 12.4. The van der Waals surface area contributed by atoms with Crippen LogP contribution in [-0.4, -0.2) is 27.1 Å². The van der Waals surface area contributed by atoms with E-state index >= 15 is 0 Å². The van der Waals surface area contributed by atoms with Crippen LogP contribution in [0.15, 0.2) is 12.4 Å². The summed E-state index contributed by atoms with van der Waals surface area (Å²) in [5.41, 5.74) is 0.0116. The van der Waals surface area contributed by atoms with Crippen LogP contribution in [0.4, 0.5) is 5.82 Å². The van der Waals surface area contributed by atoms with Crippen molar-refractivity contribution in [3.05, 3.63) is 18.1 Å². The maximum absolute atomic E-state index is 11.1. The first-order valence-electron chi connectivity index (χ1n) is 6.96. The molecule has 2 aliphatic carbocycles. The fourth-order valence-corrected chi connectivity index (χ4v) is 3.83. The Morgan fingerprint density at radius 2 is 2.16 bits per heavy atom. The van der Waals surface area contributed by atoms with Crippen LogP contribution in [0.2, 0.25) is 0 Å². The number of fused-ring (bicyclic) bond motifs is 2. The van der Waals surface area contributed by atoms with Gasteiger partial charge >= 0.3 is 5.97 Å². The number of hydrogen-bond acceptors (Lipinski definition) is 4. The SMILES string of the molecule is CC(Nc1nccnc1C(=O)O)C1CC2CCC1C2. The van der Waals surface area contributed by atoms with Gasteiger partial charge in [-0.1, -0.05) is 6.42 Å². The summed E-state index contributed by atoms with van der Waals surface area (Å²) < 4.78 is 0. The largest absolute Gasteiger partial charge is 0.476 e. The first kappa shape index (κ1) is 12.4. The standard InChI is InChI=1S/C14H19N3O2/c1-8(11-7-9-2-3-10(11)6-9)17-13-12(14(18)19)15-4-5-16-13/h4-5,8-11H,2-3,6-7H2,1H3,(H,16,17)(H,18,19). The van der Waals surface area contributed by atoms with Crippen molar-refractivity contribution in [2.75, 3.05) is 5.32 Å². The molecule has 4 atom stereocenters. The zero-order valence-corrected chi connectivity index (χ0v) is 11.0. The number of nitrogens with zero attached hydrogens (tertiary/aromatic N) is 2. The van der Waals surface area contributed by atoms with E-state index in [4.69, 9.17) is 5.11 Å². The Morgan fingerprint density at radius 3 is 2.79 bits per heavy atom. The number of carbonyl (C=O) groups is 1. The van der Waals surface area contributed by atoms with Crippen LogP contribution >= 0.6 is 0 Å². The molecule has 0 spiro atoms. The molecular formula is C14H19N3O2. The van der Waals surface area contributed by atoms with Crippen LogP contribution in [0.5, 0.6) is 0 Å². The summed E-state index contributed by atoms with van der Waals surface area (Å²) in [6.45, 7) is 2.13. The lowest BCUT2D eigenvalue weighted by Gasteiger charge is -2.29. The minimum atomic E-state index is -1.03. The van der Waals surface area contributed by atoms with Crippen molar-refractivity contribution in [2.24, 2.45) is 17.8 Å². The zero-order valence-electron chi connectivity index (χ0n) is 11.0. The highest BCUT2D eigenvalue weighted by Crippen LogP contribution is 2.49. The number of rotatable bonds is 4. The van der Waals surface area contributed by atoms with E-state index < -0.39 is 5.97 Å². The van der Waals surface area contributed by atoms with Gasteiger partial charge in [-0.25, -0.2) is 14.8 Å². The van der Waals surface area contributed by atoms with Crippen molar-refractivity contribution < 1.29 is 9.90 Å². The lowest BCUT2D eigenvalue weighted by atomic mass is 9.84. The molecule has 1 aromatic rings. The highest BCUT2D eigenvalue weighted by Gasteiger charge is 2.42. The Hall–Kier alpha value is -1.65. The Balaban J connectivity index is 1.73. The molecule has 2 fully saturated rings. The molecule has 0 radical (unpaired) electrons. The predicted octanol–water partition coefficient (Wildman–Crippen LogP) is 2.41. The Morgan fingerprint density at radius 1 is 1.37 bits per heavy atom. The molecule has 2 N–H and O–H groups in total. The van der Waals surface area contributed by atoms with Gasteiger partial charge < -0.3 is 10.4 Å². The molecule has 4 unspecified atom stereocenters. The highest BCUT2D eigenvalue weighted by atomic mass is 16.4. The average molecular weight is 261 g/mol. The number of carboxylic acid groups (broad SMARTS) is 1. The van der Waals surface area contributed by atoms with Crippen LogP contribution in [0.3, 0.4) is 0 Å². The number of aromatic carboxylic acids is 1. The van der Waals surface area contributed by atoms with E-state index in [2.05, 4.69) is 22.2 Å². The van der Waals surface area contributed by atoms with E-state index in [0.717, 1.165) is 11.8 Å². The maximum Gasteiger partial charge on any atom is 0.358 e. The van der Waals surface area contributed by atoms with Crippen molar-refractivity contribution in [1.82, 2.24) is 9.97 Å². The molecular weight excluding hydrogens is 242 g/mol. The number of aromatic nitrogens is 2. The van der Waals surface area contributed by atoms with Gasteiger partial charge in [0.1, 0.15) is 0 Å².